The number of rotatable bonds is 2. The molecule has 18 heavy (non-hydrogen) atoms. The first-order valence-corrected chi connectivity index (χ1v) is 6.65. The van der Waals surface area contributed by atoms with Crippen molar-refractivity contribution in [1.29, 1.82) is 0 Å². The molecule has 0 amide bonds. The number of nitrogens with zero attached hydrogens (tertiary/aromatic N) is 2. The van der Waals surface area contributed by atoms with Gasteiger partial charge in [0.1, 0.15) is 10.9 Å². The van der Waals surface area contributed by atoms with Gasteiger partial charge in [0.25, 0.3) is 0 Å². The van der Waals surface area contributed by atoms with Crippen LogP contribution in [0.3, 0.4) is 0 Å². The minimum absolute atomic E-state index is 0.167. The molecule has 1 fully saturated rings. The monoisotopic (exact) mass is 282 g/mol. The minimum Gasteiger partial charge on any atom is -0.497 e. The van der Waals surface area contributed by atoms with E-state index in [1.54, 1.807) is 7.11 Å². The van der Waals surface area contributed by atoms with E-state index in [1.807, 2.05) is 12.1 Å². The molecule has 0 spiro atoms. The second kappa shape index (κ2) is 4.56. The summed E-state index contributed by atoms with van der Waals surface area (Å²) in [5, 5.41) is 1.50. The molecule has 3 nitrogen and oxygen atoms in total. The van der Waals surface area contributed by atoms with Gasteiger partial charge in [0, 0.05) is 11.5 Å². The van der Waals surface area contributed by atoms with Gasteiger partial charge in [-0.25, -0.2) is 9.97 Å². The zero-order valence-corrected chi connectivity index (χ0v) is 11.4. The average molecular weight is 283 g/mol. The third-order valence-electron chi connectivity index (χ3n) is 3.51. The Hall–Kier alpha value is -1.06. The number of benzene rings is 1. The molecule has 0 aliphatic heterocycles. The van der Waals surface area contributed by atoms with Gasteiger partial charge in [-0.2, -0.15) is 0 Å². The van der Waals surface area contributed by atoms with Gasteiger partial charge in [-0.15, -0.1) is 0 Å². The maximum Gasteiger partial charge on any atom is 0.224 e. The number of halogens is 2. The van der Waals surface area contributed by atoms with Crippen LogP contribution in [0, 0.1) is 0 Å². The molecule has 3 rings (SSSR count). The van der Waals surface area contributed by atoms with Gasteiger partial charge in [0.15, 0.2) is 0 Å². The Morgan fingerprint density at radius 3 is 2.61 bits per heavy atom. The van der Waals surface area contributed by atoms with Crippen LogP contribution in [0.2, 0.25) is 10.4 Å². The van der Waals surface area contributed by atoms with E-state index in [0.29, 0.717) is 11.1 Å². The molecular weight excluding hydrogens is 271 g/mol. The molecule has 94 valence electrons. The number of aromatic nitrogens is 2. The van der Waals surface area contributed by atoms with Crippen LogP contribution in [-0.4, -0.2) is 17.1 Å². The number of methoxy groups -OCH3 is 1. The van der Waals surface area contributed by atoms with Crippen LogP contribution in [0.5, 0.6) is 5.75 Å². The molecule has 0 bridgehead atoms. The Morgan fingerprint density at radius 1 is 1.22 bits per heavy atom. The Labute approximate surface area is 115 Å². The molecule has 0 atom stereocenters. The highest BCUT2D eigenvalue weighted by molar-refractivity contribution is 6.36. The quantitative estimate of drug-likeness (QED) is 0.611. The smallest absolute Gasteiger partial charge is 0.224 e. The summed E-state index contributed by atoms with van der Waals surface area (Å²) in [4.78, 5) is 8.27. The van der Waals surface area contributed by atoms with E-state index in [2.05, 4.69) is 9.97 Å². The molecule has 1 aromatic carbocycles. The van der Waals surface area contributed by atoms with Gasteiger partial charge in [0.2, 0.25) is 5.28 Å². The van der Waals surface area contributed by atoms with Crippen molar-refractivity contribution < 1.29 is 4.74 Å². The summed E-state index contributed by atoms with van der Waals surface area (Å²) in [6, 6.07) is 3.88. The van der Waals surface area contributed by atoms with Crippen LogP contribution in [-0.2, 0) is 0 Å². The second-order valence-corrected chi connectivity index (χ2v) is 5.22. The third kappa shape index (κ3) is 1.91. The van der Waals surface area contributed by atoms with Gasteiger partial charge in [-0.1, -0.05) is 18.0 Å². The van der Waals surface area contributed by atoms with Crippen molar-refractivity contribution in [1.82, 2.24) is 9.97 Å². The molecule has 1 saturated carbocycles. The first kappa shape index (κ1) is 12.0. The summed E-state index contributed by atoms with van der Waals surface area (Å²) in [5.41, 5.74) is 1.93. The van der Waals surface area contributed by atoms with Crippen molar-refractivity contribution in [2.45, 2.75) is 25.2 Å². The van der Waals surface area contributed by atoms with Crippen molar-refractivity contribution in [3.63, 3.8) is 0 Å². The van der Waals surface area contributed by atoms with Gasteiger partial charge in [-0.05, 0) is 42.0 Å². The van der Waals surface area contributed by atoms with E-state index >= 15 is 0 Å². The molecule has 0 N–H and O–H groups in total. The van der Waals surface area contributed by atoms with E-state index in [1.165, 1.54) is 24.8 Å². The Morgan fingerprint density at radius 2 is 2.00 bits per heavy atom. The van der Waals surface area contributed by atoms with Crippen molar-refractivity contribution in [2.75, 3.05) is 7.11 Å². The summed E-state index contributed by atoms with van der Waals surface area (Å²) < 4.78 is 5.31. The zero-order chi connectivity index (χ0) is 12.7. The fourth-order valence-corrected chi connectivity index (χ4v) is 2.86. The molecular formula is C13H12Cl2N2O. The van der Waals surface area contributed by atoms with Gasteiger partial charge in [0.05, 0.1) is 12.6 Å². The number of fused-ring (bicyclic) bond motifs is 1. The second-order valence-electron chi connectivity index (χ2n) is 4.52. The topological polar surface area (TPSA) is 35.0 Å². The molecule has 1 aliphatic carbocycles. The Kier molecular flexibility index (Phi) is 3.04. The normalized spacial score (nSPS) is 15.7. The van der Waals surface area contributed by atoms with Gasteiger partial charge >= 0.3 is 0 Å². The van der Waals surface area contributed by atoms with Gasteiger partial charge in [-0.3, -0.25) is 0 Å². The molecule has 0 radical (unpaired) electrons. The SMILES string of the molecule is COc1cc(C2CCC2)c2c(Cl)nc(Cl)nc2c1. The molecule has 0 unspecified atom stereocenters. The highest BCUT2D eigenvalue weighted by atomic mass is 35.5. The Bertz CT molecular complexity index is 611. The predicted molar refractivity (Wildman–Crippen MR) is 72.7 cm³/mol. The van der Waals surface area contributed by atoms with Crippen molar-refractivity contribution in [3.05, 3.63) is 28.1 Å². The van der Waals surface area contributed by atoms with E-state index in [4.69, 9.17) is 27.9 Å². The summed E-state index contributed by atoms with van der Waals surface area (Å²) >= 11 is 12.1. The third-order valence-corrected chi connectivity index (χ3v) is 3.95. The molecule has 2 aromatic rings. The first-order chi connectivity index (χ1) is 8.69. The highest BCUT2D eigenvalue weighted by Gasteiger charge is 2.24. The maximum absolute atomic E-state index is 6.21. The first-order valence-electron chi connectivity index (χ1n) is 5.89. The van der Waals surface area contributed by atoms with Crippen molar-refractivity contribution >= 4 is 34.1 Å². The lowest BCUT2D eigenvalue weighted by Crippen LogP contribution is -2.10. The fourth-order valence-electron chi connectivity index (χ4n) is 2.36. The van der Waals surface area contributed by atoms with Crippen LogP contribution >= 0.6 is 23.2 Å². The van der Waals surface area contributed by atoms with Crippen LogP contribution < -0.4 is 4.74 Å². The highest BCUT2D eigenvalue weighted by Crippen LogP contribution is 2.42. The lowest BCUT2D eigenvalue weighted by Gasteiger charge is -2.27. The summed E-state index contributed by atoms with van der Waals surface area (Å²) in [5.74, 6) is 1.32. The van der Waals surface area contributed by atoms with Crippen LogP contribution in [0.15, 0.2) is 12.1 Å². The standard InChI is InChI=1S/C13H12Cl2N2O/c1-18-8-5-9(7-3-2-4-7)11-10(6-8)16-13(15)17-12(11)14/h5-7H,2-4H2,1H3. The number of ether oxygens (including phenoxy) is 1. The van der Waals surface area contributed by atoms with Crippen LogP contribution in [0.4, 0.5) is 0 Å². The molecule has 1 aliphatic rings. The van der Waals surface area contributed by atoms with E-state index in [-0.39, 0.29) is 5.28 Å². The predicted octanol–water partition coefficient (Wildman–Crippen LogP) is 4.21. The van der Waals surface area contributed by atoms with E-state index < -0.39 is 0 Å². The average Bonchev–Trinajstić information content (AvgIpc) is 2.25. The van der Waals surface area contributed by atoms with Crippen LogP contribution in [0.1, 0.15) is 30.7 Å². The summed E-state index contributed by atoms with van der Waals surface area (Å²) in [7, 11) is 1.65. The summed E-state index contributed by atoms with van der Waals surface area (Å²) in [6.45, 7) is 0. The van der Waals surface area contributed by atoms with E-state index in [9.17, 15) is 0 Å². The largest absolute Gasteiger partial charge is 0.497 e. The lowest BCUT2D eigenvalue weighted by atomic mass is 9.79. The molecule has 5 heteroatoms. The van der Waals surface area contributed by atoms with Crippen molar-refractivity contribution in [3.8, 4) is 5.75 Å². The zero-order valence-electron chi connectivity index (χ0n) is 9.91. The van der Waals surface area contributed by atoms with E-state index in [0.717, 1.165) is 16.7 Å². The number of hydrogen-bond donors (Lipinski definition) is 0. The Balaban J connectivity index is 2.30. The molecule has 1 heterocycles. The number of hydrogen-bond acceptors (Lipinski definition) is 3. The van der Waals surface area contributed by atoms with Gasteiger partial charge < -0.3 is 4.74 Å². The fraction of sp³-hybridized carbons (Fsp3) is 0.385. The lowest BCUT2D eigenvalue weighted by molar-refractivity contribution is 0.404. The molecule has 1 aromatic heterocycles. The maximum atomic E-state index is 6.21. The van der Waals surface area contributed by atoms with Crippen molar-refractivity contribution in [2.24, 2.45) is 0 Å². The van der Waals surface area contributed by atoms with Crippen LogP contribution in [0.25, 0.3) is 10.9 Å². The minimum atomic E-state index is 0.167. The molecule has 0 saturated heterocycles. The summed E-state index contributed by atoms with van der Waals surface area (Å²) in [6.07, 6.45) is 3.62.